The lowest BCUT2D eigenvalue weighted by molar-refractivity contribution is -0.137. The van der Waals surface area contributed by atoms with Crippen molar-refractivity contribution in [3.63, 3.8) is 0 Å². The second kappa shape index (κ2) is 5.57. The van der Waals surface area contributed by atoms with Crippen LogP contribution in [0.25, 0.3) is 0 Å². The van der Waals surface area contributed by atoms with Gasteiger partial charge in [0.25, 0.3) is 0 Å². The summed E-state index contributed by atoms with van der Waals surface area (Å²) in [6, 6.07) is -1.44. The average Bonchev–Trinajstić information content (AvgIpc) is 2.25. The largest absolute Gasteiger partial charge is 0.480 e. The number of nitrogens with one attached hydrogen (secondary N) is 1. The summed E-state index contributed by atoms with van der Waals surface area (Å²) in [4.78, 5) is 23.2. The van der Waals surface area contributed by atoms with Gasteiger partial charge < -0.3 is 9.84 Å². The van der Waals surface area contributed by atoms with Gasteiger partial charge in [-0.15, -0.1) is 0 Å². The van der Waals surface area contributed by atoms with Gasteiger partial charge in [-0.05, 0) is 20.8 Å². The molecule has 0 aromatic heterocycles. The highest BCUT2D eigenvalue weighted by atomic mass is 32.2. The molecule has 1 atom stereocenters. The number of nitrogens with zero attached hydrogens (tertiary/aromatic N) is 1. The van der Waals surface area contributed by atoms with Crippen molar-refractivity contribution in [2.24, 2.45) is 0 Å². The molecule has 19 heavy (non-hydrogen) atoms. The molecule has 2 N–H and O–H groups in total. The Morgan fingerprint density at radius 2 is 2.00 bits per heavy atom. The van der Waals surface area contributed by atoms with E-state index in [1.807, 2.05) is 0 Å². The van der Waals surface area contributed by atoms with E-state index in [1.165, 1.54) is 0 Å². The van der Waals surface area contributed by atoms with Crippen molar-refractivity contribution in [3.05, 3.63) is 0 Å². The molecule has 0 aliphatic carbocycles. The fourth-order valence-electron chi connectivity index (χ4n) is 1.55. The van der Waals surface area contributed by atoms with E-state index in [1.54, 1.807) is 20.8 Å². The molecule has 0 saturated carbocycles. The van der Waals surface area contributed by atoms with Gasteiger partial charge in [-0.2, -0.15) is 8.42 Å². The number of hydrogen-bond acceptors (Lipinski definition) is 6. The normalized spacial score (nSPS) is 20.1. The standard InChI is InChI=1S/C10H16N2O6S/c1-10(2,3)18-9(15)12-5-4-11-6(8(13)14)7(12)19(16)17/h6,11H,4-5H2,1-3H3,(H,13,14)/t6-/m0/s1. The lowest BCUT2D eigenvalue weighted by Gasteiger charge is -2.33. The zero-order chi connectivity index (χ0) is 14.8. The number of aliphatic carboxylic acids is 1. The smallest absolute Gasteiger partial charge is 0.415 e. The number of rotatable bonds is 1. The molecular weight excluding hydrogens is 276 g/mol. The third-order valence-electron chi connectivity index (χ3n) is 2.23. The number of carbonyl (C=O) groups is 2. The van der Waals surface area contributed by atoms with Crippen molar-refractivity contribution in [1.82, 2.24) is 10.2 Å². The van der Waals surface area contributed by atoms with Crippen LogP contribution in [-0.2, 0) is 19.8 Å². The summed E-state index contributed by atoms with van der Waals surface area (Å²) in [6.07, 6.45) is -0.876. The maximum atomic E-state index is 11.9. The third kappa shape index (κ3) is 3.93. The summed E-state index contributed by atoms with van der Waals surface area (Å²) in [7, 11) is -2.83. The van der Waals surface area contributed by atoms with Crippen molar-refractivity contribution in [3.8, 4) is 0 Å². The van der Waals surface area contributed by atoms with E-state index in [0.29, 0.717) is 0 Å². The Hall–Kier alpha value is -1.61. The van der Waals surface area contributed by atoms with Crippen molar-refractivity contribution in [2.75, 3.05) is 13.1 Å². The van der Waals surface area contributed by atoms with Crippen LogP contribution in [0.5, 0.6) is 0 Å². The fourth-order valence-corrected chi connectivity index (χ4v) is 2.27. The highest BCUT2D eigenvalue weighted by Crippen LogP contribution is 2.12. The van der Waals surface area contributed by atoms with Gasteiger partial charge in [0.05, 0.1) is 0 Å². The number of carboxylic acids is 1. The van der Waals surface area contributed by atoms with Crippen LogP contribution >= 0.6 is 0 Å². The Kier molecular flexibility index (Phi) is 4.53. The monoisotopic (exact) mass is 292 g/mol. The first-order valence-electron chi connectivity index (χ1n) is 5.56. The van der Waals surface area contributed by atoms with Gasteiger partial charge >= 0.3 is 12.1 Å². The molecule has 0 spiro atoms. The summed E-state index contributed by atoms with van der Waals surface area (Å²) in [5, 5.41) is 11.5. The Morgan fingerprint density at radius 1 is 1.42 bits per heavy atom. The lowest BCUT2D eigenvalue weighted by Crippen LogP contribution is -2.60. The molecule has 0 aromatic rings. The van der Waals surface area contributed by atoms with Crippen molar-refractivity contribution in [2.45, 2.75) is 32.4 Å². The number of hydrogen-bond donors (Lipinski definition) is 2. The highest BCUT2D eigenvalue weighted by Gasteiger charge is 2.38. The van der Waals surface area contributed by atoms with Crippen LogP contribution in [-0.4, -0.2) is 60.2 Å². The van der Waals surface area contributed by atoms with Crippen LogP contribution in [0.2, 0.25) is 0 Å². The van der Waals surface area contributed by atoms with Crippen LogP contribution in [0, 0.1) is 0 Å². The molecule has 0 radical (unpaired) electrons. The Balaban J connectivity index is 3.09. The Morgan fingerprint density at radius 3 is 2.42 bits per heavy atom. The number of carboxylic acid groups (broad SMARTS) is 1. The van der Waals surface area contributed by atoms with Crippen molar-refractivity contribution >= 4 is 27.3 Å². The quantitative estimate of drug-likeness (QED) is 0.614. The zero-order valence-electron chi connectivity index (χ0n) is 10.8. The van der Waals surface area contributed by atoms with Gasteiger partial charge in [-0.1, -0.05) is 0 Å². The van der Waals surface area contributed by atoms with E-state index in [9.17, 15) is 18.0 Å². The molecule has 0 aromatic carbocycles. The highest BCUT2D eigenvalue weighted by molar-refractivity contribution is 7.73. The molecule has 1 heterocycles. The average molecular weight is 292 g/mol. The topological polar surface area (TPSA) is 113 Å². The first kappa shape index (κ1) is 15.4. The Bertz CT molecular complexity index is 511. The molecule has 1 rings (SSSR count). The molecule has 8 nitrogen and oxygen atoms in total. The summed E-state index contributed by atoms with van der Waals surface area (Å²) in [6.45, 7) is 5.10. The molecule has 1 saturated heterocycles. The van der Waals surface area contributed by atoms with Gasteiger partial charge in [0.15, 0.2) is 11.0 Å². The molecular formula is C10H16N2O6S. The first-order chi connectivity index (χ1) is 8.63. The van der Waals surface area contributed by atoms with Gasteiger partial charge in [0, 0.05) is 13.1 Å². The summed E-state index contributed by atoms with van der Waals surface area (Å²) in [5.41, 5.74) is -0.795. The first-order valence-corrected chi connectivity index (χ1v) is 6.64. The molecule has 0 bridgehead atoms. The van der Waals surface area contributed by atoms with Crippen LogP contribution in [0.4, 0.5) is 4.79 Å². The number of carbonyl (C=O) groups excluding carboxylic acids is 1. The van der Waals surface area contributed by atoms with Crippen LogP contribution in [0.3, 0.4) is 0 Å². The predicted molar refractivity (Wildman–Crippen MR) is 66.3 cm³/mol. The second-order valence-electron chi connectivity index (χ2n) is 4.93. The van der Waals surface area contributed by atoms with Crippen LogP contribution < -0.4 is 5.32 Å². The zero-order valence-corrected chi connectivity index (χ0v) is 11.7. The molecule has 1 aliphatic rings. The number of amides is 1. The second-order valence-corrected chi connectivity index (χ2v) is 5.82. The lowest BCUT2D eigenvalue weighted by atomic mass is 10.2. The third-order valence-corrected chi connectivity index (χ3v) is 3.03. The molecule has 9 heteroatoms. The summed E-state index contributed by atoms with van der Waals surface area (Å²) in [5.74, 6) is -1.37. The maximum absolute atomic E-state index is 11.9. The van der Waals surface area contributed by atoms with E-state index in [4.69, 9.17) is 9.84 Å². The van der Waals surface area contributed by atoms with Crippen molar-refractivity contribution < 1.29 is 27.9 Å². The molecule has 1 fully saturated rings. The minimum atomic E-state index is -2.83. The van der Waals surface area contributed by atoms with E-state index < -0.39 is 39.0 Å². The minimum Gasteiger partial charge on any atom is -0.480 e. The summed E-state index contributed by atoms with van der Waals surface area (Å²) < 4.78 is 27.4. The molecule has 108 valence electrons. The molecule has 0 unspecified atom stereocenters. The summed E-state index contributed by atoms with van der Waals surface area (Å²) >= 11 is 0. The van der Waals surface area contributed by atoms with E-state index >= 15 is 0 Å². The Labute approximate surface area is 111 Å². The molecule has 1 amide bonds. The van der Waals surface area contributed by atoms with Gasteiger partial charge in [-0.25, -0.2) is 4.79 Å². The number of piperazine rings is 1. The SMILES string of the molecule is CC(C)(C)OC(=O)N1CCN[C@H](C(=O)O)C1=S(=O)=O. The van der Waals surface area contributed by atoms with Gasteiger partial charge in [0.2, 0.25) is 10.3 Å². The predicted octanol–water partition coefficient (Wildman–Crippen LogP) is -0.711. The maximum Gasteiger partial charge on any atom is 0.415 e. The van der Waals surface area contributed by atoms with Crippen molar-refractivity contribution in [1.29, 1.82) is 0 Å². The number of ether oxygens (including phenoxy) is 1. The molecule has 1 aliphatic heterocycles. The fraction of sp³-hybridized carbons (Fsp3) is 0.700. The van der Waals surface area contributed by atoms with Crippen LogP contribution in [0.15, 0.2) is 0 Å². The minimum absolute atomic E-state index is 0.0298. The van der Waals surface area contributed by atoms with Crippen LogP contribution in [0.1, 0.15) is 20.8 Å². The van der Waals surface area contributed by atoms with Gasteiger partial charge in [0.1, 0.15) is 5.60 Å². The van der Waals surface area contributed by atoms with E-state index in [-0.39, 0.29) is 13.1 Å². The van der Waals surface area contributed by atoms with E-state index in [0.717, 1.165) is 4.90 Å². The van der Waals surface area contributed by atoms with Gasteiger partial charge in [-0.3, -0.25) is 15.0 Å². The van der Waals surface area contributed by atoms with E-state index in [2.05, 4.69) is 5.32 Å².